The van der Waals surface area contributed by atoms with Crippen molar-refractivity contribution in [2.24, 2.45) is 5.73 Å². The van der Waals surface area contributed by atoms with Gasteiger partial charge in [-0.25, -0.2) is 4.98 Å². The summed E-state index contributed by atoms with van der Waals surface area (Å²) in [4.78, 5) is 4.17. The molecule has 0 saturated heterocycles. The van der Waals surface area contributed by atoms with Gasteiger partial charge in [0, 0.05) is 25.4 Å². The Bertz CT molecular complexity index is 344. The average Bonchev–Trinajstić information content (AvgIpc) is 2.46. The van der Waals surface area contributed by atoms with Crippen LogP contribution in [-0.4, -0.2) is 51.7 Å². The van der Waals surface area contributed by atoms with E-state index in [0.717, 1.165) is 5.56 Å². The molecule has 20 heavy (non-hydrogen) atoms. The van der Waals surface area contributed by atoms with Gasteiger partial charge in [-0.3, -0.25) is 0 Å². The number of pyridine rings is 1. The number of aromatic nitrogens is 1. The summed E-state index contributed by atoms with van der Waals surface area (Å²) < 4.78 is 20.9. The van der Waals surface area contributed by atoms with E-state index in [1.54, 1.807) is 13.3 Å². The zero-order valence-electron chi connectivity index (χ0n) is 12.2. The Morgan fingerprint density at radius 1 is 1.05 bits per heavy atom. The number of rotatable bonds is 11. The quantitative estimate of drug-likeness (QED) is 0.615. The zero-order chi connectivity index (χ0) is 14.6. The molecule has 0 radical (unpaired) electrons. The molecule has 6 heteroatoms. The largest absolute Gasteiger partial charge is 0.475 e. The van der Waals surface area contributed by atoms with Gasteiger partial charge in [0.25, 0.3) is 0 Å². The van der Waals surface area contributed by atoms with E-state index in [0.29, 0.717) is 45.5 Å². The monoisotopic (exact) mass is 284 g/mol. The fourth-order valence-corrected chi connectivity index (χ4v) is 1.42. The molecule has 0 aromatic carbocycles. The van der Waals surface area contributed by atoms with E-state index in [4.69, 9.17) is 24.7 Å². The summed E-state index contributed by atoms with van der Waals surface area (Å²) in [6.45, 7) is 5.18. The second kappa shape index (κ2) is 10.6. The van der Waals surface area contributed by atoms with Gasteiger partial charge in [0.15, 0.2) is 0 Å². The van der Waals surface area contributed by atoms with E-state index in [9.17, 15) is 0 Å². The maximum Gasteiger partial charge on any atom is 0.213 e. The summed E-state index contributed by atoms with van der Waals surface area (Å²) in [6, 6.07) is 3.71. The molecule has 1 atom stereocenters. The van der Waals surface area contributed by atoms with Crippen molar-refractivity contribution in [1.82, 2.24) is 4.98 Å². The minimum absolute atomic E-state index is 0.0157. The lowest BCUT2D eigenvalue weighted by molar-refractivity contribution is 0.0176. The van der Waals surface area contributed by atoms with Crippen LogP contribution in [0.5, 0.6) is 5.88 Å². The standard InChI is InChI=1S/C14H24N2O4/c1-12(15)13-3-4-14(16-11-13)20-10-9-19-8-7-18-6-5-17-2/h3-4,11-12H,5-10,15H2,1-2H3/t12-/m1/s1. The fraction of sp³-hybridized carbons (Fsp3) is 0.643. The predicted molar refractivity (Wildman–Crippen MR) is 75.8 cm³/mol. The smallest absolute Gasteiger partial charge is 0.213 e. The number of nitrogens with two attached hydrogens (primary N) is 1. The molecule has 1 rings (SSSR count). The topological polar surface area (TPSA) is 75.8 Å². The highest BCUT2D eigenvalue weighted by atomic mass is 16.6. The summed E-state index contributed by atoms with van der Waals surface area (Å²) in [5.41, 5.74) is 6.73. The van der Waals surface area contributed by atoms with Crippen LogP contribution in [0.3, 0.4) is 0 Å². The number of hydrogen-bond acceptors (Lipinski definition) is 6. The highest BCUT2D eigenvalue weighted by Gasteiger charge is 2.00. The first-order chi connectivity index (χ1) is 9.74. The molecule has 0 saturated carbocycles. The van der Waals surface area contributed by atoms with Gasteiger partial charge in [-0.15, -0.1) is 0 Å². The summed E-state index contributed by atoms with van der Waals surface area (Å²) >= 11 is 0. The van der Waals surface area contributed by atoms with Crippen LogP contribution in [0.4, 0.5) is 0 Å². The van der Waals surface area contributed by atoms with E-state index in [-0.39, 0.29) is 6.04 Å². The lowest BCUT2D eigenvalue weighted by Crippen LogP contribution is -2.12. The van der Waals surface area contributed by atoms with E-state index < -0.39 is 0 Å². The molecule has 0 aliphatic rings. The van der Waals surface area contributed by atoms with Crippen molar-refractivity contribution in [2.75, 3.05) is 46.8 Å². The molecule has 0 unspecified atom stereocenters. The second-order valence-corrected chi connectivity index (χ2v) is 4.28. The van der Waals surface area contributed by atoms with Crippen molar-refractivity contribution in [3.63, 3.8) is 0 Å². The highest BCUT2D eigenvalue weighted by Crippen LogP contribution is 2.12. The van der Waals surface area contributed by atoms with Crippen LogP contribution < -0.4 is 10.5 Å². The van der Waals surface area contributed by atoms with Crippen LogP contribution in [0.2, 0.25) is 0 Å². The van der Waals surface area contributed by atoms with Gasteiger partial charge in [0.2, 0.25) is 5.88 Å². The Hall–Kier alpha value is -1.21. The molecule has 1 aromatic heterocycles. The van der Waals surface area contributed by atoms with Crippen LogP contribution in [0.25, 0.3) is 0 Å². The van der Waals surface area contributed by atoms with Crippen LogP contribution >= 0.6 is 0 Å². The molecular weight excluding hydrogens is 260 g/mol. The molecular formula is C14H24N2O4. The lowest BCUT2D eigenvalue weighted by atomic mass is 10.2. The molecule has 114 valence electrons. The fourth-order valence-electron chi connectivity index (χ4n) is 1.42. The normalized spacial score (nSPS) is 12.3. The maximum atomic E-state index is 5.74. The number of nitrogens with zero attached hydrogens (tertiary/aromatic N) is 1. The third kappa shape index (κ3) is 7.40. The van der Waals surface area contributed by atoms with Crippen molar-refractivity contribution in [1.29, 1.82) is 0 Å². The van der Waals surface area contributed by atoms with Crippen molar-refractivity contribution < 1.29 is 18.9 Å². The maximum absolute atomic E-state index is 5.74. The van der Waals surface area contributed by atoms with Crippen LogP contribution in [-0.2, 0) is 14.2 Å². The predicted octanol–water partition coefficient (Wildman–Crippen LogP) is 1.16. The van der Waals surface area contributed by atoms with E-state index in [1.165, 1.54) is 0 Å². The number of ether oxygens (including phenoxy) is 4. The molecule has 0 fully saturated rings. The molecule has 1 heterocycles. The Balaban J connectivity index is 2.01. The third-order valence-electron chi connectivity index (χ3n) is 2.57. The molecule has 2 N–H and O–H groups in total. The van der Waals surface area contributed by atoms with E-state index in [1.807, 2.05) is 19.1 Å². The first-order valence-electron chi connectivity index (χ1n) is 6.72. The Morgan fingerprint density at radius 3 is 2.25 bits per heavy atom. The first kappa shape index (κ1) is 16.8. The van der Waals surface area contributed by atoms with Gasteiger partial charge in [-0.2, -0.15) is 0 Å². The van der Waals surface area contributed by atoms with Crippen LogP contribution in [0.15, 0.2) is 18.3 Å². The van der Waals surface area contributed by atoms with Crippen LogP contribution in [0.1, 0.15) is 18.5 Å². The summed E-state index contributed by atoms with van der Waals surface area (Å²) in [5.74, 6) is 0.578. The third-order valence-corrected chi connectivity index (χ3v) is 2.57. The SMILES string of the molecule is COCCOCCOCCOc1ccc([C@@H](C)N)cn1. The molecule has 0 bridgehead atoms. The molecule has 0 spiro atoms. The highest BCUT2D eigenvalue weighted by molar-refractivity contribution is 5.19. The first-order valence-corrected chi connectivity index (χ1v) is 6.72. The molecule has 1 aromatic rings. The van der Waals surface area contributed by atoms with E-state index >= 15 is 0 Å². The van der Waals surface area contributed by atoms with Crippen LogP contribution in [0, 0.1) is 0 Å². The zero-order valence-corrected chi connectivity index (χ0v) is 12.2. The summed E-state index contributed by atoms with van der Waals surface area (Å²) in [7, 11) is 1.64. The lowest BCUT2D eigenvalue weighted by Gasteiger charge is -2.08. The van der Waals surface area contributed by atoms with Crippen molar-refractivity contribution in [3.05, 3.63) is 23.9 Å². The second-order valence-electron chi connectivity index (χ2n) is 4.28. The van der Waals surface area contributed by atoms with Gasteiger partial charge >= 0.3 is 0 Å². The molecule has 0 amide bonds. The van der Waals surface area contributed by atoms with Gasteiger partial charge in [-0.05, 0) is 12.5 Å². The van der Waals surface area contributed by atoms with Gasteiger partial charge in [0.05, 0.1) is 33.0 Å². The van der Waals surface area contributed by atoms with E-state index in [2.05, 4.69) is 4.98 Å². The Kier molecular flexibility index (Phi) is 8.90. The van der Waals surface area contributed by atoms with Crippen molar-refractivity contribution in [3.8, 4) is 5.88 Å². The summed E-state index contributed by atoms with van der Waals surface area (Å²) in [6.07, 6.45) is 1.73. The number of hydrogen-bond donors (Lipinski definition) is 1. The minimum Gasteiger partial charge on any atom is -0.475 e. The number of methoxy groups -OCH3 is 1. The van der Waals surface area contributed by atoms with Crippen molar-refractivity contribution in [2.45, 2.75) is 13.0 Å². The Morgan fingerprint density at radius 2 is 1.70 bits per heavy atom. The average molecular weight is 284 g/mol. The molecule has 6 nitrogen and oxygen atoms in total. The van der Waals surface area contributed by atoms with Gasteiger partial charge in [0.1, 0.15) is 6.61 Å². The molecule has 0 aliphatic heterocycles. The minimum atomic E-state index is -0.0157. The van der Waals surface area contributed by atoms with Gasteiger partial charge < -0.3 is 24.7 Å². The van der Waals surface area contributed by atoms with Gasteiger partial charge in [-0.1, -0.05) is 6.07 Å². The molecule has 0 aliphatic carbocycles. The van der Waals surface area contributed by atoms with Crippen molar-refractivity contribution >= 4 is 0 Å². The summed E-state index contributed by atoms with van der Waals surface area (Å²) in [5, 5.41) is 0. The Labute approximate surface area is 120 Å².